The van der Waals surface area contributed by atoms with Gasteiger partial charge in [0.25, 0.3) is 0 Å². The molecule has 1 heterocycles. The van der Waals surface area contributed by atoms with Crippen LogP contribution in [0, 0.1) is 23.2 Å². The first-order valence-electron chi connectivity index (χ1n) is 5.82. The van der Waals surface area contributed by atoms with Crippen LogP contribution < -0.4 is 0 Å². The molecule has 0 bridgehead atoms. The molecule has 0 radical (unpaired) electrons. The van der Waals surface area contributed by atoms with Crippen molar-refractivity contribution in [3.8, 4) is 0 Å². The van der Waals surface area contributed by atoms with Gasteiger partial charge in [0.2, 0.25) is 0 Å². The Morgan fingerprint density at radius 3 is 1.86 bits per heavy atom. The van der Waals surface area contributed by atoms with Gasteiger partial charge >= 0.3 is 0 Å². The van der Waals surface area contributed by atoms with E-state index in [0.29, 0.717) is 10.2 Å². The van der Waals surface area contributed by atoms with Crippen molar-refractivity contribution in [3.63, 3.8) is 0 Å². The second-order valence-electron chi connectivity index (χ2n) is 6.40. The number of thioether (sulfide) groups is 1. The summed E-state index contributed by atoms with van der Waals surface area (Å²) < 4.78 is 0.596. The molecule has 14 heavy (non-hydrogen) atoms. The van der Waals surface area contributed by atoms with Crippen molar-refractivity contribution in [1.82, 2.24) is 0 Å². The molecular formula is C13H26S. The first kappa shape index (κ1) is 12.4. The Kier molecular flexibility index (Phi) is 3.31. The zero-order chi connectivity index (χ0) is 11.1. The van der Waals surface area contributed by atoms with Crippen LogP contribution in [0.1, 0.15) is 48.5 Å². The van der Waals surface area contributed by atoms with Gasteiger partial charge in [-0.15, -0.1) is 0 Å². The maximum absolute atomic E-state index is 2.44. The van der Waals surface area contributed by atoms with Crippen LogP contribution in [0.15, 0.2) is 0 Å². The molecule has 0 spiro atoms. The standard InChI is InChI=1S/C13H26S/c1-9(10(2)12(4,5)6)11(3)13(7)8-14-13/h9-11H,8H2,1-7H3. The van der Waals surface area contributed by atoms with E-state index in [0.717, 1.165) is 17.8 Å². The summed E-state index contributed by atoms with van der Waals surface area (Å²) in [4.78, 5) is 0. The van der Waals surface area contributed by atoms with Crippen molar-refractivity contribution >= 4 is 11.8 Å². The molecule has 0 aliphatic carbocycles. The Bertz CT molecular complexity index is 187. The maximum Gasteiger partial charge on any atom is 0.0251 e. The number of hydrogen-bond donors (Lipinski definition) is 0. The van der Waals surface area contributed by atoms with Crippen LogP contribution in [0.5, 0.6) is 0 Å². The minimum absolute atomic E-state index is 0.448. The van der Waals surface area contributed by atoms with Crippen molar-refractivity contribution in [1.29, 1.82) is 0 Å². The summed E-state index contributed by atoms with van der Waals surface area (Å²) in [5.41, 5.74) is 0.448. The highest BCUT2D eigenvalue weighted by Crippen LogP contribution is 2.54. The van der Waals surface area contributed by atoms with Gasteiger partial charge in [-0.2, -0.15) is 11.8 Å². The molecule has 0 saturated carbocycles. The van der Waals surface area contributed by atoms with Gasteiger partial charge in [0, 0.05) is 10.5 Å². The highest BCUT2D eigenvalue weighted by molar-refractivity contribution is 8.07. The lowest BCUT2D eigenvalue weighted by Crippen LogP contribution is -2.33. The smallest absolute Gasteiger partial charge is 0.0251 e. The van der Waals surface area contributed by atoms with Gasteiger partial charge in [-0.3, -0.25) is 0 Å². The van der Waals surface area contributed by atoms with Crippen molar-refractivity contribution in [2.24, 2.45) is 23.2 Å². The van der Waals surface area contributed by atoms with Gasteiger partial charge in [0.05, 0.1) is 0 Å². The SMILES string of the molecule is CC(C(C)C(C)(C)C)C(C)C1(C)CS1. The lowest BCUT2D eigenvalue weighted by atomic mass is 9.69. The lowest BCUT2D eigenvalue weighted by Gasteiger charge is -2.37. The summed E-state index contributed by atoms with van der Waals surface area (Å²) in [6.07, 6.45) is 0. The van der Waals surface area contributed by atoms with Crippen molar-refractivity contribution in [3.05, 3.63) is 0 Å². The van der Waals surface area contributed by atoms with Gasteiger partial charge in [-0.1, -0.05) is 41.5 Å². The zero-order valence-corrected chi connectivity index (χ0v) is 11.7. The molecule has 1 heteroatoms. The van der Waals surface area contributed by atoms with E-state index in [1.807, 2.05) is 0 Å². The topological polar surface area (TPSA) is 0 Å². The fourth-order valence-electron chi connectivity index (χ4n) is 2.15. The molecular weight excluding hydrogens is 188 g/mol. The van der Waals surface area contributed by atoms with Crippen LogP contribution in [-0.2, 0) is 0 Å². The lowest BCUT2D eigenvalue weighted by molar-refractivity contribution is 0.137. The molecule has 0 aromatic rings. The van der Waals surface area contributed by atoms with E-state index in [4.69, 9.17) is 0 Å². The van der Waals surface area contributed by atoms with Crippen LogP contribution in [-0.4, -0.2) is 10.5 Å². The highest BCUT2D eigenvalue weighted by atomic mass is 32.2. The Labute approximate surface area is 94.2 Å². The molecule has 1 aliphatic rings. The first-order chi connectivity index (χ1) is 6.18. The van der Waals surface area contributed by atoms with E-state index < -0.39 is 0 Å². The zero-order valence-electron chi connectivity index (χ0n) is 10.8. The molecule has 0 aromatic heterocycles. The molecule has 84 valence electrons. The third kappa shape index (κ3) is 2.48. The van der Waals surface area contributed by atoms with Crippen LogP contribution in [0.2, 0.25) is 0 Å². The van der Waals surface area contributed by atoms with E-state index >= 15 is 0 Å². The average Bonchev–Trinajstić information content (AvgIpc) is 2.79. The molecule has 1 fully saturated rings. The normalized spacial score (nSPS) is 33.6. The molecule has 0 N–H and O–H groups in total. The summed E-state index contributed by atoms with van der Waals surface area (Å²) in [5.74, 6) is 3.85. The van der Waals surface area contributed by atoms with Crippen molar-refractivity contribution in [2.75, 3.05) is 5.75 Å². The minimum atomic E-state index is 0.448. The Balaban J connectivity index is 2.60. The van der Waals surface area contributed by atoms with Crippen molar-refractivity contribution < 1.29 is 0 Å². The molecule has 4 unspecified atom stereocenters. The summed E-state index contributed by atoms with van der Waals surface area (Å²) >= 11 is 2.14. The fourth-order valence-corrected chi connectivity index (χ4v) is 3.12. The molecule has 1 aliphatic heterocycles. The first-order valence-corrected chi connectivity index (χ1v) is 6.81. The summed E-state index contributed by atoms with van der Waals surface area (Å²) in [7, 11) is 0. The predicted molar refractivity (Wildman–Crippen MR) is 67.8 cm³/mol. The average molecular weight is 214 g/mol. The Morgan fingerprint density at radius 1 is 1.14 bits per heavy atom. The largest absolute Gasteiger partial charge is 0.153 e. The number of rotatable bonds is 3. The van der Waals surface area contributed by atoms with Crippen molar-refractivity contribution in [2.45, 2.75) is 53.2 Å². The predicted octanol–water partition coefficient (Wildman–Crippen LogP) is 4.45. The molecule has 4 atom stereocenters. The van der Waals surface area contributed by atoms with Crippen LogP contribution >= 0.6 is 11.8 Å². The van der Waals surface area contributed by atoms with Gasteiger partial charge < -0.3 is 0 Å². The van der Waals surface area contributed by atoms with E-state index in [-0.39, 0.29) is 0 Å². The monoisotopic (exact) mass is 214 g/mol. The van der Waals surface area contributed by atoms with Gasteiger partial charge in [0.1, 0.15) is 0 Å². The molecule has 0 aromatic carbocycles. The second kappa shape index (κ2) is 3.73. The van der Waals surface area contributed by atoms with Gasteiger partial charge in [0.15, 0.2) is 0 Å². The van der Waals surface area contributed by atoms with E-state index in [2.05, 4.69) is 60.2 Å². The molecule has 1 saturated heterocycles. The number of hydrogen-bond acceptors (Lipinski definition) is 1. The van der Waals surface area contributed by atoms with E-state index in [1.54, 1.807) is 0 Å². The summed E-state index contributed by atoms with van der Waals surface area (Å²) in [6, 6.07) is 0. The van der Waals surface area contributed by atoms with Crippen LogP contribution in [0.25, 0.3) is 0 Å². The van der Waals surface area contributed by atoms with Crippen LogP contribution in [0.3, 0.4) is 0 Å². The third-order valence-corrected chi connectivity index (χ3v) is 6.08. The van der Waals surface area contributed by atoms with Crippen LogP contribution in [0.4, 0.5) is 0 Å². The third-order valence-electron chi connectivity index (χ3n) is 4.51. The van der Waals surface area contributed by atoms with E-state index in [9.17, 15) is 0 Å². The second-order valence-corrected chi connectivity index (χ2v) is 7.91. The Hall–Kier alpha value is 0.350. The highest BCUT2D eigenvalue weighted by Gasteiger charge is 2.47. The summed E-state index contributed by atoms with van der Waals surface area (Å²) in [6.45, 7) is 16.8. The fraction of sp³-hybridized carbons (Fsp3) is 1.00. The summed E-state index contributed by atoms with van der Waals surface area (Å²) in [5, 5.41) is 0. The quantitative estimate of drug-likeness (QED) is 0.626. The van der Waals surface area contributed by atoms with E-state index in [1.165, 1.54) is 5.75 Å². The maximum atomic E-state index is 2.44. The van der Waals surface area contributed by atoms with Gasteiger partial charge in [-0.25, -0.2) is 0 Å². The Morgan fingerprint density at radius 2 is 1.57 bits per heavy atom. The van der Waals surface area contributed by atoms with Gasteiger partial charge in [-0.05, 0) is 30.1 Å². The molecule has 1 rings (SSSR count). The molecule has 0 amide bonds. The molecule has 0 nitrogen and oxygen atoms in total. The minimum Gasteiger partial charge on any atom is -0.153 e.